The van der Waals surface area contributed by atoms with Gasteiger partial charge >= 0.3 is 5.97 Å². The van der Waals surface area contributed by atoms with E-state index >= 15 is 8.78 Å². The van der Waals surface area contributed by atoms with Gasteiger partial charge < -0.3 is 34.5 Å². The first-order valence-corrected chi connectivity index (χ1v) is 20.8. The van der Waals surface area contributed by atoms with Crippen LogP contribution >= 0.6 is 0 Å². The van der Waals surface area contributed by atoms with Gasteiger partial charge in [0.2, 0.25) is 5.43 Å². The highest BCUT2D eigenvalue weighted by Gasteiger charge is 2.75. The van der Waals surface area contributed by atoms with Crippen LogP contribution in [0.3, 0.4) is 0 Å². The number of fused-ring (bicyclic) bond motifs is 7. The molecule has 1 aromatic heterocycles. The molecule has 13 heteroatoms. The maximum Gasteiger partial charge on any atom is 0.343 e. The molecule has 2 aromatic rings. The third-order valence-corrected chi connectivity index (χ3v) is 15.7. The average molecular weight is 790 g/mol. The number of esters is 1. The van der Waals surface area contributed by atoms with E-state index in [0.717, 1.165) is 32.2 Å². The van der Waals surface area contributed by atoms with Crippen LogP contribution in [0.4, 0.5) is 14.5 Å². The van der Waals surface area contributed by atoms with Crippen molar-refractivity contribution in [2.45, 2.75) is 108 Å². The highest BCUT2D eigenvalue weighted by atomic mass is 19.1. The normalized spacial score (nSPS) is 38.3. The van der Waals surface area contributed by atoms with Gasteiger partial charge in [0, 0.05) is 54.5 Å². The molecule has 0 radical (unpaired) electrons. The molecule has 5 aliphatic carbocycles. The molecule has 6 fully saturated rings. The zero-order valence-corrected chi connectivity index (χ0v) is 33.1. The van der Waals surface area contributed by atoms with Gasteiger partial charge in [-0.2, -0.15) is 0 Å². The fourth-order valence-electron chi connectivity index (χ4n) is 12.6. The van der Waals surface area contributed by atoms with Crippen molar-refractivity contribution in [1.82, 2.24) is 9.88 Å². The molecule has 0 spiro atoms. The van der Waals surface area contributed by atoms with Gasteiger partial charge in [0.1, 0.15) is 16.9 Å². The molecule has 3 heterocycles. The van der Waals surface area contributed by atoms with E-state index in [1.54, 1.807) is 26.8 Å². The summed E-state index contributed by atoms with van der Waals surface area (Å²) < 4.78 is 47.0. The minimum absolute atomic E-state index is 0.00242. The zero-order valence-electron chi connectivity index (χ0n) is 33.1. The molecule has 2 aliphatic heterocycles. The van der Waals surface area contributed by atoms with E-state index in [4.69, 9.17) is 9.47 Å². The number of alkyl halides is 1. The monoisotopic (exact) mass is 789 g/mol. The predicted octanol–water partition coefficient (Wildman–Crippen LogP) is 5.14. The molecule has 0 bridgehead atoms. The smallest absolute Gasteiger partial charge is 0.343 e. The molecular weight excluding hydrogens is 736 g/mol. The van der Waals surface area contributed by atoms with Crippen LogP contribution < -0.4 is 20.4 Å². The van der Waals surface area contributed by atoms with E-state index in [1.807, 2.05) is 9.47 Å². The van der Waals surface area contributed by atoms with Crippen LogP contribution in [0.25, 0.3) is 10.9 Å². The lowest BCUT2D eigenvalue weighted by Crippen LogP contribution is -2.69. The van der Waals surface area contributed by atoms with Crippen LogP contribution in [0.5, 0.6) is 5.75 Å². The first-order valence-electron chi connectivity index (χ1n) is 20.8. The van der Waals surface area contributed by atoms with Gasteiger partial charge in [-0.25, -0.2) is 13.6 Å². The highest BCUT2D eigenvalue weighted by molar-refractivity contribution is 6.01. The second kappa shape index (κ2) is 13.3. The third kappa shape index (κ3) is 5.36. The number of pyridine rings is 1. The number of allylic oxidation sites excluding steroid dienone is 4. The number of carbonyl (C=O) groups excluding carboxylic acids is 3. The summed E-state index contributed by atoms with van der Waals surface area (Å²) >= 11 is 0. The number of halogens is 2. The quantitative estimate of drug-likeness (QED) is 0.308. The number of Topliss-reactive ketones (excluding diaryl/α,β-unsaturated/α-hetero) is 1. The third-order valence-electron chi connectivity index (χ3n) is 15.7. The number of carbonyl (C=O) groups is 3. The summed E-state index contributed by atoms with van der Waals surface area (Å²) in [5.74, 6) is -3.43. The number of aliphatic hydroxyl groups excluding tert-OH is 1. The predicted molar refractivity (Wildman–Crippen MR) is 207 cm³/mol. The molecule has 3 N–H and O–H groups in total. The van der Waals surface area contributed by atoms with E-state index < -0.39 is 75.6 Å². The van der Waals surface area contributed by atoms with Crippen LogP contribution in [-0.2, 0) is 14.3 Å². The van der Waals surface area contributed by atoms with Crippen molar-refractivity contribution in [3.63, 3.8) is 0 Å². The van der Waals surface area contributed by atoms with Crippen molar-refractivity contribution in [3.05, 3.63) is 57.7 Å². The molecule has 2 unspecified atom stereocenters. The van der Waals surface area contributed by atoms with Crippen molar-refractivity contribution >= 4 is 34.1 Å². The van der Waals surface area contributed by atoms with E-state index in [-0.39, 0.29) is 47.4 Å². The molecule has 2 saturated heterocycles. The lowest BCUT2D eigenvalue weighted by molar-refractivity contribution is -0.219. The summed E-state index contributed by atoms with van der Waals surface area (Å²) in [6, 6.07) is 1.41. The van der Waals surface area contributed by atoms with Gasteiger partial charge in [0.25, 0.3) is 0 Å². The Kier molecular flexibility index (Phi) is 8.99. The Balaban J connectivity index is 0.953. The maximum absolute atomic E-state index is 17.6. The van der Waals surface area contributed by atoms with Crippen LogP contribution in [0.2, 0.25) is 0 Å². The number of methoxy groups -OCH3 is 1. The van der Waals surface area contributed by atoms with Crippen molar-refractivity contribution < 1.29 is 42.9 Å². The number of piperidine rings is 1. The first-order chi connectivity index (χ1) is 27.1. The van der Waals surface area contributed by atoms with E-state index in [0.29, 0.717) is 55.0 Å². The number of benzene rings is 1. The van der Waals surface area contributed by atoms with Crippen molar-refractivity contribution in [1.29, 1.82) is 0 Å². The summed E-state index contributed by atoms with van der Waals surface area (Å²) in [6.45, 7) is 7.01. The van der Waals surface area contributed by atoms with Gasteiger partial charge in [-0.3, -0.25) is 14.4 Å². The topological polar surface area (TPSA) is 147 Å². The first kappa shape index (κ1) is 38.6. The van der Waals surface area contributed by atoms with Crippen LogP contribution in [-0.4, -0.2) is 89.1 Å². The van der Waals surface area contributed by atoms with Gasteiger partial charge in [-0.1, -0.05) is 25.5 Å². The molecular formula is C44H53F2N3O8. The number of aliphatic hydroxyl groups is 2. The number of ether oxygens (including phenoxy) is 2. The molecule has 0 amide bonds. The Hall–Kier alpha value is -3.94. The summed E-state index contributed by atoms with van der Waals surface area (Å²) in [6.07, 6.45) is 8.71. The molecule has 7 aliphatic rings. The fraction of sp³-hybridized carbons (Fsp3) is 0.636. The zero-order chi connectivity index (χ0) is 40.4. The van der Waals surface area contributed by atoms with Crippen molar-refractivity contribution in [2.24, 2.45) is 34.5 Å². The van der Waals surface area contributed by atoms with Crippen molar-refractivity contribution in [3.8, 4) is 5.75 Å². The molecule has 1 aromatic carbocycles. The van der Waals surface area contributed by atoms with Crippen LogP contribution in [0, 0.1) is 40.3 Å². The molecule has 10 atom stereocenters. The Bertz CT molecular complexity index is 2190. The summed E-state index contributed by atoms with van der Waals surface area (Å²) in [7, 11) is 1.46. The number of rotatable bonds is 8. The van der Waals surface area contributed by atoms with Gasteiger partial charge in [-0.05, 0) is 101 Å². The molecule has 9 rings (SSSR count). The summed E-state index contributed by atoms with van der Waals surface area (Å²) in [5.41, 5.74) is -6.04. The van der Waals surface area contributed by atoms with E-state index in [2.05, 4.69) is 5.32 Å². The number of nitrogens with zero attached hydrogens (tertiary/aromatic N) is 2. The Labute approximate surface area is 330 Å². The van der Waals surface area contributed by atoms with Crippen molar-refractivity contribution in [2.75, 3.05) is 38.3 Å². The number of nitrogens with one attached hydrogen (secondary N) is 1. The SMILES string of the molecule is COc1c(N2CC3CCCNC3C2)c(F)cc2c(=O)c(C(=O)OCCC(=O)[C@]3(O)[C@H](C)C[C@@H]4[C@H]5CCC6=CC(=O)C=C[C@@]6(C)[C@]5(F)[C@H](O)C[C@]43C)cn(C3CC3)c12. The van der Waals surface area contributed by atoms with Gasteiger partial charge in [0.15, 0.2) is 28.8 Å². The number of ketones is 2. The number of hydrogen-bond acceptors (Lipinski definition) is 10. The van der Waals surface area contributed by atoms with E-state index in [1.165, 1.54) is 31.5 Å². The highest BCUT2D eigenvalue weighted by Crippen LogP contribution is 2.70. The second-order valence-corrected chi connectivity index (χ2v) is 18.5. The van der Waals surface area contributed by atoms with Gasteiger partial charge in [-0.15, -0.1) is 0 Å². The van der Waals surface area contributed by atoms with Gasteiger partial charge in [0.05, 0.1) is 30.7 Å². The second-order valence-electron chi connectivity index (χ2n) is 18.5. The minimum atomic E-state index is -2.10. The largest absolute Gasteiger partial charge is 0.492 e. The molecule has 11 nitrogen and oxygen atoms in total. The Morgan fingerprint density at radius 2 is 1.88 bits per heavy atom. The number of anilines is 1. The fourth-order valence-corrected chi connectivity index (χ4v) is 12.6. The summed E-state index contributed by atoms with van der Waals surface area (Å²) in [5, 5.41) is 27.6. The van der Waals surface area contributed by atoms with E-state index in [9.17, 15) is 29.4 Å². The molecule has 306 valence electrons. The average Bonchev–Trinajstić information content (AvgIpc) is 3.90. The lowest BCUT2D eigenvalue weighted by atomic mass is 9.44. The summed E-state index contributed by atoms with van der Waals surface area (Å²) in [4.78, 5) is 56.0. The van der Waals surface area contributed by atoms with Crippen LogP contribution in [0.15, 0.2) is 40.9 Å². The maximum atomic E-state index is 17.6. The lowest BCUT2D eigenvalue weighted by Gasteiger charge is -2.62. The standard InChI is InChI=1S/C44H53F2N3O8/c1-23-16-31-30-10-7-25-17-27(50)11-13-41(25,2)43(30,46)35(52)19-42(31,3)44(23,55)34(51)12-15-57-40(54)29-21-49(26-8-9-26)36-28(38(29)53)18-32(45)37(39(36)56-4)48-20-24-6-5-14-47-33(24)22-48/h11,13,17-18,21,23-24,26,30-31,33,35,47,52,55H,5-10,12,14-16,19-20,22H2,1-4H3/t23-,24?,30-,31-,33?,35-,41-,42-,43-,44-/m1/s1. The Morgan fingerprint density at radius 1 is 1.11 bits per heavy atom. The number of hydrogen-bond donors (Lipinski definition) is 3. The number of aromatic nitrogens is 1. The Morgan fingerprint density at radius 3 is 2.60 bits per heavy atom. The molecule has 4 saturated carbocycles. The minimum Gasteiger partial charge on any atom is -0.492 e. The van der Waals surface area contributed by atoms with Crippen LogP contribution in [0.1, 0.15) is 95.0 Å². The molecule has 57 heavy (non-hydrogen) atoms.